The predicted octanol–water partition coefficient (Wildman–Crippen LogP) is 2.72. The molecule has 9 nitrogen and oxygen atoms in total. The first kappa shape index (κ1) is 21.1. The number of hydrogen-bond acceptors (Lipinski definition) is 9. The van der Waals surface area contributed by atoms with Gasteiger partial charge >= 0.3 is 0 Å². The number of nitrogens with zero attached hydrogens (tertiary/aromatic N) is 6. The van der Waals surface area contributed by atoms with Crippen LogP contribution in [0.5, 0.6) is 0 Å². The second-order valence-corrected chi connectivity index (χ2v) is 8.63. The van der Waals surface area contributed by atoms with Crippen LogP contribution in [0.3, 0.4) is 0 Å². The Morgan fingerprint density at radius 2 is 2.06 bits per heavy atom. The van der Waals surface area contributed by atoms with Gasteiger partial charge < -0.3 is 15.3 Å². The Labute approximate surface area is 194 Å². The SMILES string of the molecule is CN1CCC(O)(c2cccc(-c3nc(-c4ccnc(NCc5cnccn5)n4)cs3)c2)C1=O. The molecule has 1 aromatic carbocycles. The van der Waals surface area contributed by atoms with E-state index in [9.17, 15) is 9.90 Å². The molecule has 1 amide bonds. The van der Waals surface area contributed by atoms with E-state index >= 15 is 0 Å². The number of hydrogen-bond donors (Lipinski definition) is 2. The number of likely N-dealkylation sites (N-methyl/N-ethyl adjacent to an activating group) is 1. The van der Waals surface area contributed by atoms with Gasteiger partial charge in [0.1, 0.15) is 10.7 Å². The molecule has 0 radical (unpaired) electrons. The molecule has 0 spiro atoms. The van der Waals surface area contributed by atoms with Crippen LogP contribution in [0, 0.1) is 0 Å². The summed E-state index contributed by atoms with van der Waals surface area (Å²) in [5, 5.41) is 16.8. The van der Waals surface area contributed by atoms with E-state index in [0.29, 0.717) is 36.7 Å². The molecule has 4 heterocycles. The standard InChI is InChI=1S/C23H21N7O2S/c1-30-10-6-23(32,21(30)31)16-4-2-3-15(11-16)20-28-19(14-33-20)18-5-7-26-22(29-18)27-13-17-12-24-8-9-25-17/h2-5,7-9,11-12,14,32H,6,10,13H2,1H3,(H,26,27,29). The number of aliphatic hydroxyl groups is 1. The first-order chi connectivity index (χ1) is 16.0. The molecule has 0 bridgehead atoms. The summed E-state index contributed by atoms with van der Waals surface area (Å²) in [7, 11) is 1.70. The number of benzene rings is 1. The lowest BCUT2D eigenvalue weighted by Crippen LogP contribution is -2.36. The lowest BCUT2D eigenvalue weighted by Gasteiger charge is -2.21. The van der Waals surface area contributed by atoms with Crippen LogP contribution in [-0.2, 0) is 16.9 Å². The van der Waals surface area contributed by atoms with Crippen molar-refractivity contribution in [1.29, 1.82) is 0 Å². The molecule has 166 valence electrons. The first-order valence-corrected chi connectivity index (χ1v) is 11.3. The third kappa shape index (κ3) is 4.18. The van der Waals surface area contributed by atoms with Crippen molar-refractivity contribution in [1.82, 2.24) is 29.8 Å². The summed E-state index contributed by atoms with van der Waals surface area (Å²) in [6, 6.07) is 9.20. The summed E-state index contributed by atoms with van der Waals surface area (Å²) in [6.07, 6.45) is 7.00. The molecular formula is C23H21N7O2S. The highest BCUT2D eigenvalue weighted by molar-refractivity contribution is 7.13. The van der Waals surface area contributed by atoms with Crippen LogP contribution in [0.2, 0.25) is 0 Å². The molecule has 1 saturated heterocycles. The van der Waals surface area contributed by atoms with E-state index in [4.69, 9.17) is 4.98 Å². The minimum absolute atomic E-state index is 0.276. The average molecular weight is 460 g/mol. The normalized spacial score (nSPS) is 18.0. The smallest absolute Gasteiger partial charge is 0.258 e. The monoisotopic (exact) mass is 459 g/mol. The number of likely N-dealkylation sites (tertiary alicyclic amines) is 1. The van der Waals surface area contributed by atoms with Gasteiger partial charge in [-0.25, -0.2) is 15.0 Å². The summed E-state index contributed by atoms with van der Waals surface area (Å²) in [4.78, 5) is 35.9. The van der Waals surface area contributed by atoms with Gasteiger partial charge in [0.2, 0.25) is 5.95 Å². The van der Waals surface area contributed by atoms with Gasteiger partial charge in [-0.15, -0.1) is 11.3 Å². The molecule has 1 fully saturated rings. The molecule has 2 N–H and O–H groups in total. The molecule has 5 rings (SSSR count). The van der Waals surface area contributed by atoms with Gasteiger partial charge in [-0.1, -0.05) is 18.2 Å². The van der Waals surface area contributed by atoms with Gasteiger partial charge in [0.05, 0.1) is 24.1 Å². The van der Waals surface area contributed by atoms with Crippen molar-refractivity contribution in [3.05, 3.63) is 71.8 Å². The molecule has 1 aliphatic heterocycles. The van der Waals surface area contributed by atoms with Crippen LogP contribution in [0.25, 0.3) is 22.0 Å². The number of rotatable bonds is 6. The zero-order valence-corrected chi connectivity index (χ0v) is 18.7. The van der Waals surface area contributed by atoms with Crippen molar-refractivity contribution in [3.8, 4) is 22.0 Å². The Bertz CT molecular complexity index is 1300. The highest BCUT2D eigenvalue weighted by Gasteiger charge is 2.45. The first-order valence-electron chi connectivity index (χ1n) is 10.4. The van der Waals surface area contributed by atoms with E-state index in [1.807, 2.05) is 23.6 Å². The van der Waals surface area contributed by atoms with Crippen LogP contribution < -0.4 is 5.32 Å². The Hall–Kier alpha value is -3.76. The molecule has 1 atom stereocenters. The largest absolute Gasteiger partial charge is 0.375 e. The van der Waals surface area contributed by atoms with Crippen molar-refractivity contribution in [2.24, 2.45) is 0 Å². The predicted molar refractivity (Wildman–Crippen MR) is 124 cm³/mol. The number of carbonyl (C=O) groups is 1. The van der Waals surface area contributed by atoms with Crippen LogP contribution in [0.1, 0.15) is 17.7 Å². The number of amides is 1. The maximum absolute atomic E-state index is 12.5. The second kappa shape index (κ2) is 8.64. The van der Waals surface area contributed by atoms with E-state index < -0.39 is 5.60 Å². The van der Waals surface area contributed by atoms with Crippen molar-refractivity contribution in [2.75, 3.05) is 18.9 Å². The fraction of sp³-hybridized carbons (Fsp3) is 0.217. The Kier molecular flexibility index (Phi) is 5.53. The highest BCUT2D eigenvalue weighted by Crippen LogP contribution is 2.36. The zero-order chi connectivity index (χ0) is 22.8. The minimum atomic E-state index is -1.48. The van der Waals surface area contributed by atoms with Gasteiger partial charge in [0.25, 0.3) is 5.91 Å². The van der Waals surface area contributed by atoms with Gasteiger partial charge in [-0.3, -0.25) is 14.8 Å². The molecule has 1 aliphatic rings. The third-order valence-electron chi connectivity index (χ3n) is 5.56. The Balaban J connectivity index is 1.36. The number of thiazole rings is 1. The van der Waals surface area contributed by atoms with E-state index in [0.717, 1.165) is 22.0 Å². The van der Waals surface area contributed by atoms with Gasteiger partial charge in [-0.2, -0.15) is 0 Å². The topological polar surface area (TPSA) is 117 Å². The quantitative estimate of drug-likeness (QED) is 0.452. The van der Waals surface area contributed by atoms with Crippen LogP contribution in [-0.4, -0.2) is 54.4 Å². The van der Waals surface area contributed by atoms with Gasteiger partial charge in [-0.05, 0) is 17.7 Å². The Morgan fingerprint density at radius 1 is 1.15 bits per heavy atom. The van der Waals surface area contributed by atoms with E-state index in [-0.39, 0.29) is 5.91 Å². The fourth-order valence-electron chi connectivity index (χ4n) is 3.73. The molecule has 3 aromatic heterocycles. The number of nitrogens with one attached hydrogen (secondary N) is 1. The lowest BCUT2D eigenvalue weighted by atomic mass is 9.91. The fourth-order valence-corrected chi connectivity index (χ4v) is 4.54. The summed E-state index contributed by atoms with van der Waals surface area (Å²) < 4.78 is 0. The Morgan fingerprint density at radius 3 is 2.85 bits per heavy atom. The zero-order valence-electron chi connectivity index (χ0n) is 17.8. The molecule has 4 aromatic rings. The second-order valence-electron chi connectivity index (χ2n) is 7.77. The van der Waals surface area contributed by atoms with Crippen LogP contribution in [0.15, 0.2) is 60.5 Å². The number of aromatic nitrogens is 5. The molecule has 0 saturated carbocycles. The van der Waals surface area contributed by atoms with Crippen LogP contribution >= 0.6 is 11.3 Å². The average Bonchev–Trinajstić information content (AvgIpc) is 3.46. The third-order valence-corrected chi connectivity index (χ3v) is 6.45. The number of anilines is 1. The van der Waals surface area contributed by atoms with Crippen molar-refractivity contribution < 1.29 is 9.90 Å². The molecule has 10 heteroatoms. The molecule has 0 aliphatic carbocycles. The van der Waals surface area contributed by atoms with E-state index in [1.165, 1.54) is 11.3 Å². The maximum Gasteiger partial charge on any atom is 0.258 e. The minimum Gasteiger partial charge on any atom is -0.375 e. The molecular weight excluding hydrogens is 438 g/mol. The summed E-state index contributed by atoms with van der Waals surface area (Å²) >= 11 is 1.48. The summed E-state index contributed by atoms with van der Waals surface area (Å²) in [5.74, 6) is 0.197. The summed E-state index contributed by atoms with van der Waals surface area (Å²) in [5.41, 5.74) is 2.15. The van der Waals surface area contributed by atoms with E-state index in [2.05, 4.69) is 25.3 Å². The highest BCUT2D eigenvalue weighted by atomic mass is 32.1. The molecule has 1 unspecified atom stereocenters. The maximum atomic E-state index is 12.5. The van der Waals surface area contributed by atoms with Gasteiger partial charge in [0, 0.05) is 49.5 Å². The molecule has 33 heavy (non-hydrogen) atoms. The van der Waals surface area contributed by atoms with E-state index in [1.54, 1.807) is 48.9 Å². The van der Waals surface area contributed by atoms with Crippen molar-refractivity contribution >= 4 is 23.2 Å². The van der Waals surface area contributed by atoms with Gasteiger partial charge in [0.15, 0.2) is 5.60 Å². The summed E-state index contributed by atoms with van der Waals surface area (Å²) in [6.45, 7) is 0.991. The van der Waals surface area contributed by atoms with Crippen molar-refractivity contribution in [3.63, 3.8) is 0 Å². The number of carbonyl (C=O) groups excluding carboxylic acids is 1. The lowest BCUT2D eigenvalue weighted by molar-refractivity contribution is -0.143. The van der Waals surface area contributed by atoms with Crippen LogP contribution in [0.4, 0.5) is 5.95 Å². The van der Waals surface area contributed by atoms with Crippen molar-refractivity contribution in [2.45, 2.75) is 18.6 Å².